The van der Waals surface area contributed by atoms with Crippen LogP contribution in [0.15, 0.2) is 24.3 Å². The van der Waals surface area contributed by atoms with Crippen LogP contribution >= 0.6 is 0 Å². The second-order valence-corrected chi connectivity index (χ2v) is 9.34. The highest BCUT2D eigenvalue weighted by molar-refractivity contribution is 5.99. The summed E-state index contributed by atoms with van der Waals surface area (Å²) in [4.78, 5) is 46.1. The van der Waals surface area contributed by atoms with Crippen LogP contribution in [0.3, 0.4) is 0 Å². The van der Waals surface area contributed by atoms with E-state index >= 15 is 0 Å². The monoisotopic (exact) mass is 445 g/mol. The molecule has 0 aromatic rings. The zero-order valence-corrected chi connectivity index (χ0v) is 19.3. The summed E-state index contributed by atoms with van der Waals surface area (Å²) < 4.78 is 6.53. The minimum Gasteiger partial charge on any atom is -0.395 e. The molecule has 0 radical (unpaired) electrons. The number of fused-ring (bicyclic) bond motifs is 2. The lowest BCUT2D eigenvalue weighted by atomic mass is 9.77. The van der Waals surface area contributed by atoms with E-state index in [1.165, 1.54) is 4.90 Å². The van der Waals surface area contributed by atoms with Gasteiger partial charge in [-0.2, -0.15) is 0 Å². The molecule has 4 heterocycles. The number of carbonyl (C=O) groups excluding carboxylic acids is 3. The van der Waals surface area contributed by atoms with E-state index in [0.717, 1.165) is 19.3 Å². The summed E-state index contributed by atoms with van der Waals surface area (Å²) in [7, 11) is 0. The number of aliphatic hydroxyl groups excluding tert-OH is 1. The van der Waals surface area contributed by atoms with Crippen LogP contribution in [0.1, 0.15) is 40.0 Å². The number of β-amino-alcohol motifs (C(OH)–C–C–N with tert-alkyl or cyclic N) is 1. The van der Waals surface area contributed by atoms with Crippen molar-refractivity contribution >= 4 is 17.7 Å². The van der Waals surface area contributed by atoms with E-state index in [1.54, 1.807) is 9.80 Å². The molecule has 0 saturated carbocycles. The fraction of sp³-hybridized carbons (Fsp3) is 0.708. The number of amides is 3. The molecule has 4 aliphatic heterocycles. The predicted molar refractivity (Wildman–Crippen MR) is 118 cm³/mol. The van der Waals surface area contributed by atoms with Gasteiger partial charge in [-0.15, -0.1) is 0 Å². The minimum atomic E-state index is -1.20. The molecule has 2 unspecified atom stereocenters. The van der Waals surface area contributed by atoms with E-state index in [9.17, 15) is 19.5 Å². The summed E-state index contributed by atoms with van der Waals surface area (Å²) >= 11 is 0. The molecule has 0 aliphatic carbocycles. The number of hydrogen-bond acceptors (Lipinski definition) is 5. The molecule has 4 rings (SSSR count). The van der Waals surface area contributed by atoms with E-state index in [1.807, 2.05) is 38.2 Å². The van der Waals surface area contributed by atoms with Gasteiger partial charge < -0.3 is 24.5 Å². The first-order chi connectivity index (χ1) is 15.4. The molecular formula is C24H35N3O5. The van der Waals surface area contributed by atoms with Crippen molar-refractivity contribution in [1.82, 2.24) is 14.7 Å². The van der Waals surface area contributed by atoms with Crippen molar-refractivity contribution in [2.45, 2.75) is 63.8 Å². The molecular weight excluding hydrogens is 410 g/mol. The van der Waals surface area contributed by atoms with Gasteiger partial charge in [0, 0.05) is 32.2 Å². The van der Waals surface area contributed by atoms with Gasteiger partial charge in [0.1, 0.15) is 11.6 Å². The Balaban J connectivity index is 1.78. The number of carbonyl (C=O) groups is 3. The number of rotatable bonds is 7. The van der Waals surface area contributed by atoms with Crippen LogP contribution in [-0.2, 0) is 19.1 Å². The van der Waals surface area contributed by atoms with Gasteiger partial charge in [0.15, 0.2) is 0 Å². The molecule has 32 heavy (non-hydrogen) atoms. The molecule has 176 valence electrons. The fourth-order valence-corrected chi connectivity index (χ4v) is 6.00. The Hall–Kier alpha value is -2.19. The van der Waals surface area contributed by atoms with Gasteiger partial charge in [-0.1, -0.05) is 44.6 Å². The van der Waals surface area contributed by atoms with Crippen molar-refractivity contribution in [2.75, 3.05) is 32.8 Å². The molecule has 0 aromatic heterocycles. The van der Waals surface area contributed by atoms with Crippen LogP contribution in [0.5, 0.6) is 0 Å². The van der Waals surface area contributed by atoms with Crippen LogP contribution in [0, 0.1) is 11.8 Å². The van der Waals surface area contributed by atoms with Crippen LogP contribution < -0.4 is 0 Å². The lowest BCUT2D eigenvalue weighted by Gasteiger charge is -2.37. The Morgan fingerprint density at radius 2 is 1.88 bits per heavy atom. The van der Waals surface area contributed by atoms with E-state index in [2.05, 4.69) is 6.92 Å². The smallest absolute Gasteiger partial charge is 0.249 e. The third-order valence-electron chi connectivity index (χ3n) is 7.35. The highest BCUT2D eigenvalue weighted by Crippen LogP contribution is 2.53. The number of likely N-dealkylation sites (tertiary alicyclic amines) is 1. The van der Waals surface area contributed by atoms with Gasteiger partial charge in [0.25, 0.3) is 0 Å². The normalized spacial score (nSPS) is 35.0. The van der Waals surface area contributed by atoms with Crippen molar-refractivity contribution in [3.05, 3.63) is 24.3 Å². The SMILES string of the molecule is CCCC(C)N1CC=C[C@]23O[C@H]4C=CCN(CCC)C(=O)[C@H]4[C@H]2C(=O)N(CCO)C3C1=O. The van der Waals surface area contributed by atoms with Crippen molar-refractivity contribution in [1.29, 1.82) is 0 Å². The van der Waals surface area contributed by atoms with Crippen molar-refractivity contribution < 1.29 is 24.2 Å². The first kappa shape index (κ1) is 23.0. The number of hydrogen-bond donors (Lipinski definition) is 1. The Morgan fingerprint density at radius 3 is 2.56 bits per heavy atom. The largest absolute Gasteiger partial charge is 0.395 e. The molecule has 4 aliphatic rings. The van der Waals surface area contributed by atoms with Gasteiger partial charge in [-0.25, -0.2) is 0 Å². The quantitative estimate of drug-likeness (QED) is 0.590. The Bertz CT molecular complexity index is 826. The molecule has 2 fully saturated rings. The summed E-state index contributed by atoms with van der Waals surface area (Å²) in [6.45, 7) is 7.46. The Labute approximate surface area is 189 Å². The molecule has 2 saturated heterocycles. The maximum atomic E-state index is 13.9. The van der Waals surface area contributed by atoms with Gasteiger partial charge in [-0.05, 0) is 19.8 Å². The summed E-state index contributed by atoms with van der Waals surface area (Å²) in [5.41, 5.74) is -1.20. The Morgan fingerprint density at radius 1 is 1.09 bits per heavy atom. The van der Waals surface area contributed by atoms with Crippen LogP contribution in [0.25, 0.3) is 0 Å². The van der Waals surface area contributed by atoms with Crippen molar-refractivity contribution in [2.24, 2.45) is 11.8 Å². The molecule has 1 N–H and O–H groups in total. The van der Waals surface area contributed by atoms with Crippen molar-refractivity contribution in [3.63, 3.8) is 0 Å². The molecule has 0 aromatic carbocycles. The second-order valence-electron chi connectivity index (χ2n) is 9.34. The first-order valence-electron chi connectivity index (χ1n) is 11.9. The fourth-order valence-electron chi connectivity index (χ4n) is 6.00. The average Bonchev–Trinajstić information content (AvgIpc) is 3.07. The standard InChI is InChI=1S/C24H35N3O5/c1-4-8-16(3)26-13-7-10-24-19(22(30)27(14-15-28)20(24)23(26)31)18-17(32-24)9-6-12-25(11-5-2)21(18)29/h6-7,9-10,16-20,28H,4-5,8,11-15H2,1-3H3/t16?,17-,18+,19-,20?,24-/m0/s1. The summed E-state index contributed by atoms with van der Waals surface area (Å²) in [5.74, 6) is -1.99. The third kappa shape index (κ3) is 3.39. The Kier molecular flexibility index (Phi) is 6.45. The highest BCUT2D eigenvalue weighted by atomic mass is 16.5. The zero-order chi connectivity index (χ0) is 23.0. The summed E-state index contributed by atoms with van der Waals surface area (Å²) in [6, 6.07) is -0.858. The zero-order valence-electron chi connectivity index (χ0n) is 19.3. The van der Waals surface area contributed by atoms with Crippen LogP contribution in [-0.4, -0.2) is 94.1 Å². The molecule has 8 heteroatoms. The van der Waals surface area contributed by atoms with Crippen LogP contribution in [0.2, 0.25) is 0 Å². The second kappa shape index (κ2) is 8.98. The molecule has 6 atom stereocenters. The van der Waals surface area contributed by atoms with Gasteiger partial charge >= 0.3 is 0 Å². The molecule has 1 spiro atoms. The third-order valence-corrected chi connectivity index (χ3v) is 7.35. The minimum absolute atomic E-state index is 0.0193. The number of aliphatic hydroxyl groups is 1. The maximum Gasteiger partial charge on any atom is 0.249 e. The lowest BCUT2D eigenvalue weighted by Crippen LogP contribution is -2.57. The van der Waals surface area contributed by atoms with Gasteiger partial charge in [0.05, 0.1) is 24.5 Å². The predicted octanol–water partition coefficient (Wildman–Crippen LogP) is 0.955. The maximum absolute atomic E-state index is 13.9. The van der Waals surface area contributed by atoms with Gasteiger partial charge in [-0.3, -0.25) is 14.4 Å². The number of nitrogens with zero attached hydrogens (tertiary/aromatic N) is 3. The lowest BCUT2D eigenvalue weighted by molar-refractivity contribution is -0.149. The van der Waals surface area contributed by atoms with E-state index in [-0.39, 0.29) is 36.9 Å². The molecule has 3 amide bonds. The topological polar surface area (TPSA) is 90.4 Å². The van der Waals surface area contributed by atoms with Gasteiger partial charge in [0.2, 0.25) is 17.7 Å². The highest BCUT2D eigenvalue weighted by Gasteiger charge is 2.71. The summed E-state index contributed by atoms with van der Waals surface area (Å²) in [5, 5.41) is 9.69. The van der Waals surface area contributed by atoms with E-state index in [0.29, 0.717) is 19.6 Å². The van der Waals surface area contributed by atoms with Crippen molar-refractivity contribution in [3.8, 4) is 0 Å². The first-order valence-corrected chi connectivity index (χ1v) is 11.9. The molecule has 8 nitrogen and oxygen atoms in total. The summed E-state index contributed by atoms with van der Waals surface area (Å²) in [6.07, 6.45) is 9.66. The van der Waals surface area contributed by atoms with E-state index in [4.69, 9.17) is 4.74 Å². The molecule has 0 bridgehead atoms. The average molecular weight is 446 g/mol. The number of ether oxygens (including phenoxy) is 1. The van der Waals surface area contributed by atoms with Crippen LogP contribution in [0.4, 0.5) is 0 Å². The van der Waals surface area contributed by atoms with E-state index < -0.39 is 29.6 Å².